The number of ether oxygens (including phenoxy) is 1. The number of carbonyl (C=O) groups excluding carboxylic acids is 1. The molecule has 0 spiro atoms. The van der Waals surface area contributed by atoms with Gasteiger partial charge < -0.3 is 14.3 Å². The molecule has 170 valence electrons. The van der Waals surface area contributed by atoms with Crippen LogP contribution in [-0.2, 0) is 21.6 Å². The van der Waals surface area contributed by atoms with E-state index in [9.17, 15) is 9.90 Å². The van der Waals surface area contributed by atoms with Crippen molar-refractivity contribution in [3.8, 4) is 11.1 Å². The lowest BCUT2D eigenvalue weighted by Crippen LogP contribution is -2.55. The summed E-state index contributed by atoms with van der Waals surface area (Å²) in [4.78, 5) is 22.0. The largest absolute Gasteiger partial charge is 0.454 e. The Morgan fingerprint density at radius 3 is 2.48 bits per heavy atom. The number of hydrogen-bond donors (Lipinski definition) is 1. The Bertz CT molecular complexity index is 1100. The summed E-state index contributed by atoms with van der Waals surface area (Å²) in [6.07, 6.45) is 8.73. The quantitative estimate of drug-likeness (QED) is 0.466. The molecule has 0 radical (unpaired) electrons. The van der Waals surface area contributed by atoms with Gasteiger partial charge in [0.15, 0.2) is 6.10 Å². The highest BCUT2D eigenvalue weighted by atomic mass is 16.6. The van der Waals surface area contributed by atoms with E-state index < -0.39 is 11.6 Å². The molecule has 2 aromatic carbocycles. The van der Waals surface area contributed by atoms with E-state index in [1.54, 1.807) is 12.4 Å². The molecule has 0 bridgehead atoms. The minimum atomic E-state index is -1.76. The molecule has 1 aliphatic heterocycles. The summed E-state index contributed by atoms with van der Waals surface area (Å²) in [6.45, 7) is 2.80. The van der Waals surface area contributed by atoms with Crippen molar-refractivity contribution < 1.29 is 19.1 Å². The van der Waals surface area contributed by atoms with Gasteiger partial charge in [-0.3, -0.25) is 9.97 Å². The molecule has 0 amide bonds. The zero-order chi connectivity index (χ0) is 22.9. The first kappa shape index (κ1) is 21.7. The SMILES string of the molecule is C[N@@+]1(CCCc2cnccn2)CCCC(OC(=O)C2(O)c3ccccc3-c3ccccc32)C1. The zero-order valence-corrected chi connectivity index (χ0v) is 19.0. The molecular formula is C27H30N3O3+. The first-order valence-electron chi connectivity index (χ1n) is 11.7. The van der Waals surface area contributed by atoms with Crippen molar-refractivity contribution in [3.05, 3.63) is 83.9 Å². The normalized spacial score (nSPS) is 22.9. The van der Waals surface area contributed by atoms with Gasteiger partial charge in [-0.2, -0.15) is 0 Å². The van der Waals surface area contributed by atoms with Crippen LogP contribution in [0.4, 0.5) is 0 Å². The van der Waals surface area contributed by atoms with Gasteiger partial charge in [0, 0.05) is 42.6 Å². The molecule has 33 heavy (non-hydrogen) atoms. The number of carbonyl (C=O) groups is 1. The molecule has 5 rings (SSSR count). The van der Waals surface area contributed by atoms with Crippen molar-refractivity contribution in [2.75, 3.05) is 26.7 Å². The van der Waals surface area contributed by atoms with E-state index in [4.69, 9.17) is 4.74 Å². The number of likely N-dealkylation sites (N-methyl/N-ethyl adjacent to an activating group) is 1. The molecule has 6 nitrogen and oxygen atoms in total. The minimum absolute atomic E-state index is 0.211. The van der Waals surface area contributed by atoms with E-state index in [1.807, 2.05) is 54.7 Å². The number of aromatic nitrogens is 2. The van der Waals surface area contributed by atoms with Gasteiger partial charge in [-0.05, 0) is 24.0 Å². The number of aliphatic hydroxyl groups is 1. The molecule has 2 atom stereocenters. The predicted molar refractivity (Wildman–Crippen MR) is 125 cm³/mol. The van der Waals surface area contributed by atoms with Crippen LogP contribution < -0.4 is 0 Å². The van der Waals surface area contributed by atoms with Crippen LogP contribution in [0.2, 0.25) is 0 Å². The van der Waals surface area contributed by atoms with Gasteiger partial charge in [-0.15, -0.1) is 0 Å². The highest BCUT2D eigenvalue weighted by molar-refractivity contribution is 5.96. The van der Waals surface area contributed by atoms with Gasteiger partial charge in [0.1, 0.15) is 6.54 Å². The summed E-state index contributed by atoms with van der Waals surface area (Å²) in [6, 6.07) is 15.1. The molecule has 1 aromatic heterocycles. The van der Waals surface area contributed by atoms with Gasteiger partial charge in [-0.1, -0.05) is 48.5 Å². The van der Waals surface area contributed by atoms with Gasteiger partial charge >= 0.3 is 5.97 Å². The number of esters is 1. The first-order chi connectivity index (χ1) is 16.0. The molecule has 2 aliphatic rings. The number of hydrogen-bond acceptors (Lipinski definition) is 5. The van der Waals surface area contributed by atoms with E-state index in [0.29, 0.717) is 11.1 Å². The van der Waals surface area contributed by atoms with Crippen LogP contribution in [0, 0.1) is 0 Å². The summed E-state index contributed by atoms with van der Waals surface area (Å²) in [7, 11) is 2.23. The average molecular weight is 445 g/mol. The molecule has 2 heterocycles. The molecule has 1 aliphatic carbocycles. The zero-order valence-electron chi connectivity index (χ0n) is 19.0. The summed E-state index contributed by atoms with van der Waals surface area (Å²) in [5.74, 6) is -0.571. The number of rotatable bonds is 6. The Balaban J connectivity index is 1.29. The number of benzene rings is 2. The topological polar surface area (TPSA) is 72.3 Å². The standard InChI is InChI=1S/C27H30N3O3/c1-30(16-6-8-20-18-28-14-15-29-20)17-7-9-21(19-30)33-26(31)27(32)24-12-4-2-10-22(24)23-11-3-5-13-25(23)27/h2-5,10-15,18,21,32H,6-9,16-17,19H2,1H3/q+1/t21?,30-/m1/s1. The summed E-state index contributed by atoms with van der Waals surface area (Å²) < 4.78 is 6.88. The second-order valence-corrected chi connectivity index (χ2v) is 9.52. The molecule has 3 aromatic rings. The maximum atomic E-state index is 13.5. The van der Waals surface area contributed by atoms with E-state index in [2.05, 4.69) is 17.0 Å². The number of piperidine rings is 1. The number of quaternary nitrogens is 1. The Morgan fingerprint density at radius 2 is 1.82 bits per heavy atom. The fourth-order valence-electron chi connectivity index (χ4n) is 5.44. The summed E-state index contributed by atoms with van der Waals surface area (Å²) in [5.41, 5.74) is 2.23. The Morgan fingerprint density at radius 1 is 1.12 bits per heavy atom. The van der Waals surface area contributed by atoms with Crippen LogP contribution in [0.5, 0.6) is 0 Å². The van der Waals surface area contributed by atoms with Crippen LogP contribution in [0.25, 0.3) is 11.1 Å². The van der Waals surface area contributed by atoms with Crippen molar-refractivity contribution >= 4 is 5.97 Å². The van der Waals surface area contributed by atoms with Crippen LogP contribution in [0.1, 0.15) is 36.1 Å². The van der Waals surface area contributed by atoms with Crippen molar-refractivity contribution in [2.24, 2.45) is 0 Å². The monoisotopic (exact) mass is 444 g/mol. The molecule has 1 unspecified atom stereocenters. The predicted octanol–water partition coefficient (Wildman–Crippen LogP) is 3.48. The van der Waals surface area contributed by atoms with Gasteiger partial charge in [0.2, 0.25) is 5.60 Å². The van der Waals surface area contributed by atoms with Gasteiger partial charge in [0.25, 0.3) is 0 Å². The van der Waals surface area contributed by atoms with E-state index in [-0.39, 0.29) is 6.10 Å². The minimum Gasteiger partial charge on any atom is -0.454 e. The lowest BCUT2D eigenvalue weighted by molar-refractivity contribution is -0.917. The van der Waals surface area contributed by atoms with Crippen molar-refractivity contribution in [1.82, 2.24) is 9.97 Å². The molecule has 1 saturated heterocycles. The molecule has 0 saturated carbocycles. The van der Waals surface area contributed by atoms with Gasteiger partial charge in [0.05, 0.1) is 25.8 Å². The lowest BCUT2D eigenvalue weighted by atomic mass is 9.91. The second kappa shape index (κ2) is 8.69. The second-order valence-electron chi connectivity index (χ2n) is 9.52. The van der Waals surface area contributed by atoms with Crippen molar-refractivity contribution in [1.29, 1.82) is 0 Å². The molecular weight excluding hydrogens is 414 g/mol. The number of likely N-dealkylation sites (tertiary alicyclic amines) is 1. The fourth-order valence-corrected chi connectivity index (χ4v) is 5.44. The Hall–Kier alpha value is -3.09. The van der Waals surface area contributed by atoms with E-state index >= 15 is 0 Å². The van der Waals surface area contributed by atoms with E-state index in [0.717, 1.165) is 66.6 Å². The highest BCUT2D eigenvalue weighted by Gasteiger charge is 2.50. The third-order valence-electron chi connectivity index (χ3n) is 7.11. The highest BCUT2D eigenvalue weighted by Crippen LogP contribution is 2.48. The Kier molecular flexibility index (Phi) is 5.72. The third kappa shape index (κ3) is 4.05. The number of aryl methyl sites for hydroxylation is 1. The fraction of sp³-hybridized carbons (Fsp3) is 0.370. The smallest absolute Gasteiger partial charge is 0.348 e. The maximum Gasteiger partial charge on any atom is 0.348 e. The number of nitrogens with zero attached hydrogens (tertiary/aromatic N) is 3. The van der Waals surface area contributed by atoms with Crippen molar-refractivity contribution in [2.45, 2.75) is 37.4 Å². The maximum absolute atomic E-state index is 13.5. The number of fused-ring (bicyclic) bond motifs is 3. The summed E-state index contributed by atoms with van der Waals surface area (Å²) >= 11 is 0. The summed E-state index contributed by atoms with van der Waals surface area (Å²) in [5, 5.41) is 11.7. The third-order valence-corrected chi connectivity index (χ3v) is 7.11. The first-order valence-corrected chi connectivity index (χ1v) is 11.7. The molecule has 6 heteroatoms. The van der Waals surface area contributed by atoms with Crippen LogP contribution in [0.15, 0.2) is 67.1 Å². The molecule has 1 fully saturated rings. The van der Waals surface area contributed by atoms with E-state index in [1.165, 1.54) is 0 Å². The van der Waals surface area contributed by atoms with Crippen LogP contribution >= 0.6 is 0 Å². The average Bonchev–Trinajstić information content (AvgIpc) is 3.10. The van der Waals surface area contributed by atoms with Crippen molar-refractivity contribution in [3.63, 3.8) is 0 Å². The molecule has 1 N–H and O–H groups in total. The van der Waals surface area contributed by atoms with Crippen LogP contribution in [-0.4, -0.2) is 58.3 Å². The van der Waals surface area contributed by atoms with Gasteiger partial charge in [-0.25, -0.2) is 4.79 Å². The van der Waals surface area contributed by atoms with Crippen LogP contribution in [0.3, 0.4) is 0 Å². The lowest BCUT2D eigenvalue weighted by Gasteiger charge is -2.41. The Labute approximate surface area is 194 Å².